The van der Waals surface area contributed by atoms with Crippen molar-refractivity contribution in [3.05, 3.63) is 35.4 Å². The van der Waals surface area contributed by atoms with Crippen LogP contribution in [0.3, 0.4) is 0 Å². The molecule has 1 heterocycles. The van der Waals surface area contributed by atoms with Gasteiger partial charge in [0, 0.05) is 24.7 Å². The van der Waals surface area contributed by atoms with E-state index in [-0.39, 0.29) is 17.8 Å². The van der Waals surface area contributed by atoms with E-state index < -0.39 is 0 Å². The van der Waals surface area contributed by atoms with E-state index in [0.717, 1.165) is 29.7 Å². The van der Waals surface area contributed by atoms with Crippen molar-refractivity contribution < 1.29 is 19.1 Å². The van der Waals surface area contributed by atoms with Crippen LogP contribution in [0.15, 0.2) is 24.3 Å². The molecule has 5 nitrogen and oxygen atoms in total. The lowest BCUT2D eigenvalue weighted by Gasteiger charge is -2.30. The van der Waals surface area contributed by atoms with Crippen molar-refractivity contribution in [3.63, 3.8) is 0 Å². The third kappa shape index (κ3) is 4.60. The highest BCUT2D eigenvalue weighted by atomic mass is 16.5. The number of methoxy groups -OCH3 is 1. The number of piperidine rings is 1. The van der Waals surface area contributed by atoms with Gasteiger partial charge in [0.05, 0.1) is 19.6 Å². The van der Waals surface area contributed by atoms with Crippen LogP contribution in [0.4, 0.5) is 0 Å². The quantitative estimate of drug-likeness (QED) is 0.615. The first-order valence-electron chi connectivity index (χ1n) is 8.33. The van der Waals surface area contributed by atoms with Gasteiger partial charge in [0.2, 0.25) is 5.91 Å². The van der Waals surface area contributed by atoms with Gasteiger partial charge in [-0.05, 0) is 44.9 Å². The maximum atomic E-state index is 12.4. The fourth-order valence-corrected chi connectivity index (χ4v) is 2.88. The van der Waals surface area contributed by atoms with Gasteiger partial charge in [-0.25, -0.2) is 0 Å². The predicted octanol–water partition coefficient (Wildman–Crippen LogP) is 2.82. The fourth-order valence-electron chi connectivity index (χ4n) is 2.88. The first kappa shape index (κ1) is 18.0. The van der Waals surface area contributed by atoms with Gasteiger partial charge in [-0.3, -0.25) is 9.59 Å². The number of nitrogens with zero attached hydrogens (tertiary/aromatic N) is 1. The van der Waals surface area contributed by atoms with Crippen LogP contribution < -0.4 is 4.74 Å². The zero-order chi connectivity index (χ0) is 17.5. The largest absolute Gasteiger partial charge is 0.496 e. The summed E-state index contributed by atoms with van der Waals surface area (Å²) in [5.41, 5.74) is 1.97. The Hall–Kier alpha value is -2.30. The highest BCUT2D eigenvalue weighted by molar-refractivity contribution is 5.92. The number of esters is 1. The molecule has 1 amide bonds. The van der Waals surface area contributed by atoms with Gasteiger partial charge in [0.15, 0.2) is 0 Å². The van der Waals surface area contributed by atoms with Crippen molar-refractivity contribution in [2.24, 2.45) is 5.92 Å². The molecule has 2 rings (SSSR count). The molecule has 0 spiro atoms. The van der Waals surface area contributed by atoms with Crippen LogP contribution in [-0.2, 0) is 14.3 Å². The number of ether oxygens (including phenoxy) is 2. The summed E-state index contributed by atoms with van der Waals surface area (Å²) in [5, 5.41) is 0. The molecule has 1 atom stereocenters. The smallest absolute Gasteiger partial charge is 0.310 e. The van der Waals surface area contributed by atoms with Crippen molar-refractivity contribution in [2.75, 3.05) is 26.8 Å². The van der Waals surface area contributed by atoms with E-state index in [1.165, 1.54) is 0 Å². The number of carbonyl (C=O) groups is 2. The number of rotatable bonds is 5. The molecule has 0 aromatic heterocycles. The van der Waals surface area contributed by atoms with Gasteiger partial charge >= 0.3 is 5.97 Å². The molecule has 0 radical (unpaired) electrons. The van der Waals surface area contributed by atoms with Crippen molar-refractivity contribution in [3.8, 4) is 5.75 Å². The van der Waals surface area contributed by atoms with Crippen molar-refractivity contribution in [1.82, 2.24) is 4.90 Å². The molecule has 24 heavy (non-hydrogen) atoms. The summed E-state index contributed by atoms with van der Waals surface area (Å²) >= 11 is 0. The summed E-state index contributed by atoms with van der Waals surface area (Å²) in [7, 11) is 1.61. The molecular formula is C19H25NO4. The Balaban J connectivity index is 2.04. The average Bonchev–Trinajstić information content (AvgIpc) is 2.60. The summed E-state index contributed by atoms with van der Waals surface area (Å²) in [5.74, 6) is 0.212. The van der Waals surface area contributed by atoms with E-state index in [4.69, 9.17) is 9.47 Å². The SMILES string of the molecule is CCOC(=O)[C@H]1CCCN(C(=O)/C=C/c2cc(C)ccc2OC)C1. The monoisotopic (exact) mass is 331 g/mol. The molecule has 0 saturated carbocycles. The maximum Gasteiger partial charge on any atom is 0.310 e. The number of hydrogen-bond acceptors (Lipinski definition) is 4. The van der Waals surface area contributed by atoms with Gasteiger partial charge in [-0.15, -0.1) is 0 Å². The third-order valence-corrected chi connectivity index (χ3v) is 4.14. The number of aryl methyl sites for hydroxylation is 1. The molecule has 1 aromatic rings. The Morgan fingerprint density at radius 3 is 2.88 bits per heavy atom. The van der Waals surface area contributed by atoms with Crippen LogP contribution in [0, 0.1) is 12.8 Å². The number of likely N-dealkylation sites (tertiary alicyclic amines) is 1. The van der Waals surface area contributed by atoms with E-state index in [9.17, 15) is 9.59 Å². The molecule has 1 aromatic carbocycles. The zero-order valence-corrected chi connectivity index (χ0v) is 14.6. The van der Waals surface area contributed by atoms with Crippen molar-refractivity contribution in [1.29, 1.82) is 0 Å². The van der Waals surface area contributed by atoms with Gasteiger partial charge in [0.1, 0.15) is 5.75 Å². The van der Waals surface area contributed by atoms with Crippen LogP contribution in [0.1, 0.15) is 30.9 Å². The van der Waals surface area contributed by atoms with E-state index in [1.807, 2.05) is 25.1 Å². The van der Waals surface area contributed by atoms with Gasteiger partial charge < -0.3 is 14.4 Å². The van der Waals surface area contributed by atoms with Crippen molar-refractivity contribution in [2.45, 2.75) is 26.7 Å². The van der Waals surface area contributed by atoms with Crippen LogP contribution in [0.2, 0.25) is 0 Å². The van der Waals surface area contributed by atoms with E-state index in [1.54, 1.807) is 31.1 Å². The molecule has 1 aliphatic rings. The maximum absolute atomic E-state index is 12.4. The van der Waals surface area contributed by atoms with Gasteiger partial charge in [-0.2, -0.15) is 0 Å². The number of carbonyl (C=O) groups excluding carboxylic acids is 2. The first-order valence-corrected chi connectivity index (χ1v) is 8.33. The molecule has 0 unspecified atom stereocenters. The number of benzene rings is 1. The molecule has 1 fully saturated rings. The lowest BCUT2D eigenvalue weighted by Crippen LogP contribution is -2.42. The fraction of sp³-hybridized carbons (Fsp3) is 0.474. The summed E-state index contributed by atoms with van der Waals surface area (Å²) in [4.78, 5) is 26.0. The van der Waals surface area contributed by atoms with Crippen LogP contribution in [-0.4, -0.2) is 43.6 Å². The molecule has 1 aliphatic heterocycles. The average molecular weight is 331 g/mol. The number of amides is 1. The molecule has 1 saturated heterocycles. The van der Waals surface area contributed by atoms with Crippen molar-refractivity contribution >= 4 is 18.0 Å². The van der Waals surface area contributed by atoms with Crippen LogP contribution in [0.5, 0.6) is 5.75 Å². The minimum atomic E-state index is -0.218. The van der Waals surface area contributed by atoms with E-state index >= 15 is 0 Å². The molecule has 0 aliphatic carbocycles. The summed E-state index contributed by atoms with van der Waals surface area (Å²) in [6.07, 6.45) is 4.90. The number of hydrogen-bond donors (Lipinski definition) is 0. The van der Waals surface area contributed by atoms with Gasteiger partial charge in [0.25, 0.3) is 0 Å². The first-order chi connectivity index (χ1) is 11.5. The predicted molar refractivity (Wildman–Crippen MR) is 92.7 cm³/mol. The summed E-state index contributed by atoms with van der Waals surface area (Å²) in [6.45, 7) is 5.25. The molecule has 0 bridgehead atoms. The third-order valence-electron chi connectivity index (χ3n) is 4.14. The Morgan fingerprint density at radius 1 is 1.38 bits per heavy atom. The highest BCUT2D eigenvalue weighted by Gasteiger charge is 2.28. The summed E-state index contributed by atoms with van der Waals surface area (Å²) < 4.78 is 10.4. The zero-order valence-electron chi connectivity index (χ0n) is 14.6. The van der Waals surface area contributed by atoms with E-state index in [0.29, 0.717) is 19.7 Å². The Labute approximate surface area is 143 Å². The lowest BCUT2D eigenvalue weighted by atomic mass is 9.98. The molecule has 0 N–H and O–H groups in total. The van der Waals surface area contributed by atoms with E-state index in [2.05, 4.69) is 0 Å². The topological polar surface area (TPSA) is 55.8 Å². The Kier molecular flexibility index (Phi) is 6.41. The second-order valence-corrected chi connectivity index (χ2v) is 5.95. The minimum absolute atomic E-state index is 0.0902. The lowest BCUT2D eigenvalue weighted by molar-refractivity contribution is -0.150. The molecule has 5 heteroatoms. The second kappa shape index (κ2) is 8.52. The van der Waals surface area contributed by atoms with Crippen LogP contribution in [0.25, 0.3) is 6.08 Å². The van der Waals surface area contributed by atoms with Crippen LogP contribution >= 0.6 is 0 Å². The normalized spacial score (nSPS) is 17.8. The molecular weight excluding hydrogens is 306 g/mol. The Morgan fingerprint density at radius 2 is 2.17 bits per heavy atom. The highest BCUT2D eigenvalue weighted by Crippen LogP contribution is 2.22. The second-order valence-electron chi connectivity index (χ2n) is 5.95. The minimum Gasteiger partial charge on any atom is -0.496 e. The standard InChI is InChI=1S/C19H25NO4/c1-4-24-19(22)16-6-5-11-20(13-16)18(21)10-8-15-12-14(2)7-9-17(15)23-3/h7-10,12,16H,4-6,11,13H2,1-3H3/b10-8+/t16-/m0/s1. The Bertz CT molecular complexity index is 624. The van der Waals surface area contributed by atoms with Gasteiger partial charge in [-0.1, -0.05) is 11.6 Å². The molecule has 130 valence electrons. The summed E-state index contributed by atoms with van der Waals surface area (Å²) in [6, 6.07) is 5.82.